The summed E-state index contributed by atoms with van der Waals surface area (Å²) in [4.78, 5) is 28.2. The number of benzene rings is 1. The predicted molar refractivity (Wildman–Crippen MR) is 159 cm³/mol. The highest BCUT2D eigenvalue weighted by Crippen LogP contribution is 2.51. The van der Waals surface area contributed by atoms with Gasteiger partial charge in [0.05, 0.1) is 41.7 Å². The molecule has 1 N–H and O–H groups in total. The third-order valence-electron chi connectivity index (χ3n) is 10.5. The van der Waals surface area contributed by atoms with Crippen LogP contribution in [-0.2, 0) is 22.7 Å². The highest BCUT2D eigenvalue weighted by Gasteiger charge is 2.59. The Morgan fingerprint density at radius 3 is 2.32 bits per heavy atom. The molecule has 5 aliphatic heterocycles. The van der Waals surface area contributed by atoms with E-state index in [0.29, 0.717) is 5.57 Å². The molecule has 1 aromatic carbocycles. The highest BCUT2D eigenvalue weighted by molar-refractivity contribution is 7.98. The average molecular weight is 681 g/mol. The maximum Gasteiger partial charge on any atom is 0.250 e. The van der Waals surface area contributed by atoms with Crippen LogP contribution in [0.3, 0.4) is 0 Å². The zero-order chi connectivity index (χ0) is 29.6. The number of likely N-dealkylation sites (N-methyl/N-ethyl adjacent to an activating group) is 1. The number of carboxylic acids is 1. The van der Waals surface area contributed by atoms with Crippen LogP contribution in [0.5, 0.6) is 0 Å². The van der Waals surface area contributed by atoms with E-state index in [9.17, 15) is 19.8 Å². The molecule has 4 fully saturated rings. The second-order valence-electron chi connectivity index (χ2n) is 13.1. The maximum absolute atomic E-state index is 12.8. The Morgan fingerprint density at radius 1 is 1.14 bits per heavy atom. The number of β-lactam (4-membered cyclic amide) rings is 1. The van der Waals surface area contributed by atoms with E-state index in [2.05, 4.69) is 52.9 Å². The summed E-state index contributed by atoms with van der Waals surface area (Å²) in [6, 6.07) is 8.76. The Labute approximate surface area is 278 Å². The summed E-state index contributed by atoms with van der Waals surface area (Å²) in [5.74, 6) is -2.49. The summed E-state index contributed by atoms with van der Waals surface area (Å²) in [5, 5.41) is 23.5. The molecule has 9 nitrogen and oxygen atoms in total. The zero-order valence-corrected chi connectivity index (χ0v) is 28.6. The summed E-state index contributed by atoms with van der Waals surface area (Å²) in [6.45, 7) is 13.1. The fourth-order valence-electron chi connectivity index (χ4n) is 7.86. The second kappa shape index (κ2) is 11.9. The smallest absolute Gasteiger partial charge is 0.250 e. The van der Waals surface area contributed by atoms with Crippen LogP contribution in [0.1, 0.15) is 29.9 Å². The predicted octanol–water partition coefficient (Wildman–Crippen LogP) is -4.82. The summed E-state index contributed by atoms with van der Waals surface area (Å²) >= 11 is 3.21. The standard InChI is InChI=1S/C31H39N5O4S2.2ClH/c1-19-24(27(31(39)40)34-26(19)25(20(2)37)28(34)38)23-16-33-18-32(29(41-4)30(33)42-23)15-21-5-7-22(8-6-21)17-36-12-9-35(3,10-13-36)11-14-36;;/h5-8,16,18-20,25-26,37H,9-15,17H2,1-4H3;2*1H/q+2;;/p-2/t19-,20+,25+,26+,35?,36?;;/m0../s1. The minimum atomic E-state index is -1.35. The normalized spacial score (nSPS) is 29.7. The summed E-state index contributed by atoms with van der Waals surface area (Å²) in [7, 11) is 2.41. The Hall–Kier alpha value is -2.12. The largest absolute Gasteiger partial charge is 1.00 e. The number of quaternary nitrogens is 2. The summed E-state index contributed by atoms with van der Waals surface area (Å²) in [6.07, 6.45) is 5.27. The van der Waals surface area contributed by atoms with Crippen molar-refractivity contribution >= 4 is 45.4 Å². The van der Waals surface area contributed by atoms with Gasteiger partial charge in [-0.3, -0.25) is 4.79 Å². The Morgan fingerprint density at radius 2 is 1.75 bits per heavy atom. The van der Waals surface area contributed by atoms with Gasteiger partial charge in [0.25, 0.3) is 6.33 Å². The SMILES string of the molecule is CSc1c2sc(C3=C(C(=O)[O-])N4C(=O)[C@H]([C@@H](C)O)[C@H]4[C@H]3C)cn2c[n+]1Cc1ccc(C[N+]23CC[N+](C)(CC2)CC3)cc1.[Cl-].[Cl-]. The van der Waals surface area contributed by atoms with Crippen molar-refractivity contribution in [2.24, 2.45) is 11.8 Å². The van der Waals surface area contributed by atoms with Gasteiger partial charge in [-0.15, -0.1) is 0 Å². The average Bonchev–Trinajstić information content (AvgIpc) is 3.57. The fraction of sp³-hybridized carbons (Fsp3) is 0.516. The van der Waals surface area contributed by atoms with Gasteiger partial charge in [0.1, 0.15) is 58.6 Å². The number of piperazine rings is 3. The van der Waals surface area contributed by atoms with Crippen molar-refractivity contribution in [3.8, 4) is 0 Å². The number of hydrogen-bond donors (Lipinski definition) is 1. The minimum Gasteiger partial charge on any atom is -1.00 e. The van der Waals surface area contributed by atoms with E-state index in [4.69, 9.17) is 0 Å². The van der Waals surface area contributed by atoms with Crippen molar-refractivity contribution in [2.75, 3.05) is 52.6 Å². The van der Waals surface area contributed by atoms with Gasteiger partial charge in [-0.25, -0.2) is 4.57 Å². The molecule has 5 aliphatic rings. The van der Waals surface area contributed by atoms with Gasteiger partial charge in [-0.1, -0.05) is 54.3 Å². The Bertz CT molecular complexity index is 1610. The molecule has 0 spiro atoms. The Balaban J connectivity index is 0.00000192. The molecule has 238 valence electrons. The molecule has 4 saturated heterocycles. The number of aliphatic hydroxyl groups excluding tert-OH is 1. The number of aromatic nitrogens is 2. The van der Waals surface area contributed by atoms with Crippen molar-refractivity contribution in [1.29, 1.82) is 0 Å². The second-order valence-corrected chi connectivity index (χ2v) is 15.0. The van der Waals surface area contributed by atoms with E-state index in [1.807, 2.05) is 13.1 Å². The van der Waals surface area contributed by atoms with Crippen LogP contribution in [-0.4, -0.2) is 100.0 Å². The Kier molecular flexibility index (Phi) is 9.00. The topological polar surface area (TPSA) is 89.0 Å². The number of hydrogen-bond acceptors (Lipinski definition) is 6. The van der Waals surface area contributed by atoms with Gasteiger partial charge < -0.3 is 53.7 Å². The van der Waals surface area contributed by atoms with Crippen molar-refractivity contribution in [3.63, 3.8) is 0 Å². The van der Waals surface area contributed by atoms with Crippen molar-refractivity contribution in [1.82, 2.24) is 9.30 Å². The molecular formula is C31H39Cl2N5O4S2. The number of thiazole rings is 1. The zero-order valence-electron chi connectivity index (χ0n) is 25.4. The molecule has 13 heteroatoms. The van der Waals surface area contributed by atoms with Crippen LogP contribution in [0, 0.1) is 11.8 Å². The number of imidazole rings is 1. The molecule has 4 atom stereocenters. The van der Waals surface area contributed by atoms with Crippen LogP contribution in [0.4, 0.5) is 0 Å². The van der Waals surface area contributed by atoms with E-state index in [1.54, 1.807) is 30.0 Å². The summed E-state index contributed by atoms with van der Waals surface area (Å²) < 4.78 is 6.79. The van der Waals surface area contributed by atoms with Crippen molar-refractivity contribution < 1.29 is 58.1 Å². The van der Waals surface area contributed by atoms with E-state index in [0.717, 1.165) is 27.8 Å². The third kappa shape index (κ3) is 5.18. The monoisotopic (exact) mass is 679 g/mol. The van der Waals surface area contributed by atoms with Gasteiger partial charge in [0.2, 0.25) is 15.8 Å². The molecule has 2 aromatic heterocycles. The van der Waals surface area contributed by atoms with Crippen molar-refractivity contribution in [3.05, 3.63) is 58.5 Å². The molecule has 44 heavy (non-hydrogen) atoms. The lowest BCUT2D eigenvalue weighted by molar-refractivity contribution is -1.08. The molecule has 1 amide bonds. The lowest BCUT2D eigenvalue weighted by Crippen LogP contribution is -3.00. The lowest BCUT2D eigenvalue weighted by Gasteiger charge is -2.54. The van der Waals surface area contributed by atoms with Gasteiger partial charge in [-0.2, -0.15) is 4.40 Å². The van der Waals surface area contributed by atoms with E-state index < -0.39 is 18.0 Å². The molecule has 0 radical (unpaired) electrons. The number of thioether (sulfide) groups is 1. The first-order chi connectivity index (χ1) is 20.0. The number of aliphatic hydroxyl groups is 1. The van der Waals surface area contributed by atoms with Crippen LogP contribution >= 0.6 is 23.1 Å². The molecule has 3 aromatic rings. The van der Waals surface area contributed by atoms with Crippen LogP contribution in [0.25, 0.3) is 10.4 Å². The first-order valence-electron chi connectivity index (χ1n) is 14.8. The number of carbonyl (C=O) groups excluding carboxylic acids is 2. The highest BCUT2D eigenvalue weighted by atomic mass is 35.5. The number of halogens is 2. The van der Waals surface area contributed by atoms with Gasteiger partial charge in [-0.05, 0) is 18.7 Å². The van der Waals surface area contributed by atoms with E-state index in [-0.39, 0.29) is 48.4 Å². The van der Waals surface area contributed by atoms with Crippen LogP contribution in [0.2, 0.25) is 0 Å². The lowest BCUT2D eigenvalue weighted by atomic mass is 9.77. The van der Waals surface area contributed by atoms with Crippen molar-refractivity contribution in [2.45, 2.75) is 44.1 Å². The maximum atomic E-state index is 12.8. The number of carbonyl (C=O) groups is 2. The number of amides is 1. The minimum absolute atomic E-state index is 0. The molecular weight excluding hydrogens is 641 g/mol. The molecule has 7 heterocycles. The molecule has 0 saturated carbocycles. The quantitative estimate of drug-likeness (QED) is 0.112. The molecule has 8 rings (SSSR count). The number of rotatable bonds is 8. The van der Waals surface area contributed by atoms with E-state index >= 15 is 0 Å². The molecule has 0 unspecified atom stereocenters. The van der Waals surface area contributed by atoms with Gasteiger partial charge >= 0.3 is 0 Å². The van der Waals surface area contributed by atoms with Gasteiger partial charge in [0.15, 0.2) is 0 Å². The number of carboxylic acid groups (broad SMARTS) is 1. The third-order valence-corrected chi connectivity index (χ3v) is 12.6. The number of fused-ring (bicyclic) bond motifs is 5. The number of aliphatic carboxylic acids is 1. The van der Waals surface area contributed by atoms with Gasteiger partial charge in [0, 0.05) is 17.1 Å². The first-order valence-corrected chi connectivity index (χ1v) is 16.9. The van der Waals surface area contributed by atoms with Crippen LogP contribution < -0.4 is 34.5 Å². The summed E-state index contributed by atoms with van der Waals surface area (Å²) in [5.41, 5.74) is 3.23. The number of nitrogens with zero attached hydrogens (tertiary/aromatic N) is 5. The molecule has 2 bridgehead atoms. The van der Waals surface area contributed by atoms with E-state index in [1.165, 1.54) is 64.3 Å². The fourth-order valence-corrected chi connectivity index (χ4v) is 10.0. The first kappa shape index (κ1) is 33.2. The molecule has 0 aliphatic carbocycles. The van der Waals surface area contributed by atoms with Crippen LogP contribution in [0.15, 0.2) is 47.5 Å².